The van der Waals surface area contributed by atoms with Crippen molar-refractivity contribution in [1.82, 2.24) is 4.57 Å². The number of ketones is 1. The van der Waals surface area contributed by atoms with E-state index in [-0.39, 0.29) is 11.7 Å². The van der Waals surface area contributed by atoms with E-state index < -0.39 is 0 Å². The van der Waals surface area contributed by atoms with Crippen molar-refractivity contribution in [1.29, 1.82) is 0 Å². The minimum Gasteiger partial charge on any atom is -0.381 e. The Morgan fingerprint density at radius 1 is 1.47 bits per heavy atom. The van der Waals surface area contributed by atoms with Gasteiger partial charge in [0.2, 0.25) is 0 Å². The largest absolute Gasteiger partial charge is 0.381 e. The first kappa shape index (κ1) is 12.9. The molecule has 0 N–H and O–H groups in total. The van der Waals surface area contributed by atoms with Crippen molar-refractivity contribution < 1.29 is 9.53 Å². The van der Waals surface area contributed by atoms with E-state index in [9.17, 15) is 4.79 Å². The highest BCUT2D eigenvalue weighted by atomic mass is 79.9. The van der Waals surface area contributed by atoms with Gasteiger partial charge in [0, 0.05) is 33.6 Å². The molecule has 1 aromatic carbocycles. The maximum absolute atomic E-state index is 12.3. The molecule has 1 aliphatic rings. The van der Waals surface area contributed by atoms with Crippen LogP contribution in [0.15, 0.2) is 28.7 Å². The van der Waals surface area contributed by atoms with Gasteiger partial charge in [-0.05, 0) is 35.3 Å². The second kappa shape index (κ2) is 5.10. The first-order valence-electron chi connectivity index (χ1n) is 6.52. The zero-order valence-corrected chi connectivity index (χ0v) is 12.4. The van der Waals surface area contributed by atoms with Gasteiger partial charge in [-0.2, -0.15) is 0 Å². The lowest BCUT2D eigenvalue weighted by molar-refractivity contribution is -0.123. The summed E-state index contributed by atoms with van der Waals surface area (Å²) in [6, 6.07) is 8.16. The SMILES string of the molecule is Cc1c(Br)c2ccccc2n1CC(=O)C1CCOC1. The highest BCUT2D eigenvalue weighted by Gasteiger charge is 2.24. The maximum atomic E-state index is 12.3. The zero-order valence-electron chi connectivity index (χ0n) is 10.9. The second-order valence-electron chi connectivity index (χ2n) is 5.03. The predicted octanol–water partition coefficient (Wildman–Crippen LogP) is 3.32. The number of rotatable bonds is 3. The van der Waals surface area contributed by atoms with Crippen molar-refractivity contribution in [2.45, 2.75) is 19.9 Å². The van der Waals surface area contributed by atoms with Crippen molar-refractivity contribution in [3.8, 4) is 0 Å². The lowest BCUT2D eigenvalue weighted by atomic mass is 10.0. The smallest absolute Gasteiger partial charge is 0.157 e. The molecular formula is C15H16BrNO2. The molecular weight excluding hydrogens is 306 g/mol. The van der Waals surface area contributed by atoms with Crippen LogP contribution in [-0.4, -0.2) is 23.6 Å². The molecule has 0 amide bonds. The quantitative estimate of drug-likeness (QED) is 0.868. The van der Waals surface area contributed by atoms with Crippen LogP contribution in [0.3, 0.4) is 0 Å². The van der Waals surface area contributed by atoms with Gasteiger partial charge in [-0.25, -0.2) is 0 Å². The van der Waals surface area contributed by atoms with Gasteiger partial charge in [0.25, 0.3) is 0 Å². The van der Waals surface area contributed by atoms with E-state index in [1.54, 1.807) is 0 Å². The monoisotopic (exact) mass is 321 g/mol. The van der Waals surface area contributed by atoms with E-state index in [0.29, 0.717) is 19.8 Å². The predicted molar refractivity (Wildman–Crippen MR) is 78.3 cm³/mol. The Bertz CT molecular complexity index is 626. The molecule has 1 unspecified atom stereocenters. The van der Waals surface area contributed by atoms with Crippen LogP contribution in [0.5, 0.6) is 0 Å². The molecule has 0 saturated carbocycles. The molecule has 0 aliphatic carbocycles. The van der Waals surface area contributed by atoms with Crippen LogP contribution < -0.4 is 0 Å². The average Bonchev–Trinajstić information content (AvgIpc) is 3.03. The first-order chi connectivity index (χ1) is 9.18. The summed E-state index contributed by atoms with van der Waals surface area (Å²) in [5.41, 5.74) is 2.22. The summed E-state index contributed by atoms with van der Waals surface area (Å²) in [5, 5.41) is 1.16. The molecule has 19 heavy (non-hydrogen) atoms. The van der Waals surface area contributed by atoms with Crippen LogP contribution in [0, 0.1) is 12.8 Å². The van der Waals surface area contributed by atoms with Gasteiger partial charge in [-0.3, -0.25) is 4.79 Å². The third-order valence-electron chi connectivity index (χ3n) is 3.85. The number of nitrogens with zero attached hydrogens (tertiary/aromatic N) is 1. The molecule has 1 atom stereocenters. The lowest BCUT2D eigenvalue weighted by Crippen LogP contribution is -2.20. The average molecular weight is 322 g/mol. The number of carbonyl (C=O) groups excluding carboxylic acids is 1. The first-order valence-corrected chi connectivity index (χ1v) is 7.31. The van der Waals surface area contributed by atoms with Crippen LogP contribution in [0.1, 0.15) is 12.1 Å². The summed E-state index contributed by atoms with van der Waals surface area (Å²) in [6.07, 6.45) is 0.859. The van der Waals surface area contributed by atoms with E-state index >= 15 is 0 Å². The van der Waals surface area contributed by atoms with Crippen molar-refractivity contribution in [2.75, 3.05) is 13.2 Å². The minimum atomic E-state index is 0.0688. The molecule has 0 bridgehead atoms. The number of hydrogen-bond donors (Lipinski definition) is 0. The lowest BCUT2D eigenvalue weighted by Gasteiger charge is -2.10. The van der Waals surface area contributed by atoms with Gasteiger partial charge in [-0.15, -0.1) is 0 Å². The Balaban J connectivity index is 1.96. The van der Waals surface area contributed by atoms with Crippen molar-refractivity contribution >= 4 is 32.6 Å². The van der Waals surface area contributed by atoms with Gasteiger partial charge in [0.05, 0.1) is 13.2 Å². The van der Waals surface area contributed by atoms with Crippen molar-refractivity contribution in [2.24, 2.45) is 5.92 Å². The fourth-order valence-electron chi connectivity index (χ4n) is 2.67. The van der Waals surface area contributed by atoms with Gasteiger partial charge >= 0.3 is 0 Å². The van der Waals surface area contributed by atoms with E-state index in [1.807, 2.05) is 19.1 Å². The molecule has 3 rings (SSSR count). The topological polar surface area (TPSA) is 31.2 Å². The molecule has 1 saturated heterocycles. The maximum Gasteiger partial charge on any atom is 0.157 e. The molecule has 4 heteroatoms. The van der Waals surface area contributed by atoms with E-state index in [4.69, 9.17) is 4.74 Å². The Kier molecular flexibility index (Phi) is 3.46. The molecule has 2 heterocycles. The number of fused-ring (bicyclic) bond motifs is 1. The van der Waals surface area contributed by atoms with E-state index in [1.165, 1.54) is 0 Å². The summed E-state index contributed by atoms with van der Waals surface area (Å²) >= 11 is 3.62. The van der Waals surface area contributed by atoms with Gasteiger partial charge < -0.3 is 9.30 Å². The van der Waals surface area contributed by atoms with Gasteiger partial charge in [0.1, 0.15) is 0 Å². The number of para-hydroxylation sites is 1. The van der Waals surface area contributed by atoms with Gasteiger partial charge in [0.15, 0.2) is 5.78 Å². The third-order valence-corrected chi connectivity index (χ3v) is 4.85. The van der Waals surface area contributed by atoms with Crippen LogP contribution in [0.2, 0.25) is 0 Å². The normalized spacial score (nSPS) is 19.2. The fraction of sp³-hybridized carbons (Fsp3) is 0.400. The number of aromatic nitrogens is 1. The Hall–Kier alpha value is -1.13. The van der Waals surface area contributed by atoms with Crippen LogP contribution in [0.4, 0.5) is 0 Å². The molecule has 1 aliphatic heterocycles. The Labute approximate surface area is 120 Å². The zero-order chi connectivity index (χ0) is 13.4. The van der Waals surface area contributed by atoms with Crippen LogP contribution in [-0.2, 0) is 16.1 Å². The number of hydrogen-bond acceptors (Lipinski definition) is 2. The van der Waals surface area contributed by atoms with E-state index in [2.05, 4.69) is 32.6 Å². The number of benzene rings is 1. The Morgan fingerprint density at radius 3 is 3.00 bits per heavy atom. The summed E-state index contributed by atoms with van der Waals surface area (Å²) in [7, 11) is 0. The summed E-state index contributed by atoms with van der Waals surface area (Å²) in [4.78, 5) is 12.3. The molecule has 100 valence electrons. The standard InChI is InChI=1S/C15H16BrNO2/c1-10-15(16)12-4-2-3-5-13(12)17(10)8-14(18)11-6-7-19-9-11/h2-5,11H,6-9H2,1H3. The molecule has 0 spiro atoms. The second-order valence-corrected chi connectivity index (χ2v) is 5.82. The Morgan fingerprint density at radius 2 is 2.26 bits per heavy atom. The molecule has 2 aromatic rings. The number of halogens is 1. The number of carbonyl (C=O) groups is 1. The van der Waals surface area contributed by atoms with Crippen molar-refractivity contribution in [3.63, 3.8) is 0 Å². The highest BCUT2D eigenvalue weighted by Crippen LogP contribution is 2.30. The number of ether oxygens (including phenoxy) is 1. The van der Waals surface area contributed by atoms with E-state index in [0.717, 1.165) is 27.5 Å². The van der Waals surface area contributed by atoms with Gasteiger partial charge in [-0.1, -0.05) is 18.2 Å². The molecule has 1 fully saturated rings. The minimum absolute atomic E-state index is 0.0688. The number of Topliss-reactive ketones (excluding diaryl/α,β-unsaturated/α-hetero) is 1. The van der Waals surface area contributed by atoms with Crippen LogP contribution in [0.25, 0.3) is 10.9 Å². The summed E-state index contributed by atoms with van der Waals surface area (Å²) in [5.74, 6) is 0.341. The highest BCUT2D eigenvalue weighted by molar-refractivity contribution is 9.10. The molecule has 1 aromatic heterocycles. The third kappa shape index (κ3) is 2.23. The fourth-order valence-corrected chi connectivity index (χ4v) is 3.22. The summed E-state index contributed by atoms with van der Waals surface area (Å²) < 4.78 is 8.48. The summed E-state index contributed by atoms with van der Waals surface area (Å²) in [6.45, 7) is 3.78. The van der Waals surface area contributed by atoms with Crippen LogP contribution >= 0.6 is 15.9 Å². The van der Waals surface area contributed by atoms with Crippen molar-refractivity contribution in [3.05, 3.63) is 34.4 Å². The molecule has 0 radical (unpaired) electrons. The molecule has 3 nitrogen and oxygen atoms in total.